The molecule has 1 amide bonds. The molecule has 3 N–H and O–H groups in total. The lowest BCUT2D eigenvalue weighted by atomic mass is 9.90. The molecule has 7 nitrogen and oxygen atoms in total. The molecule has 2 fully saturated rings. The van der Waals surface area contributed by atoms with E-state index in [1.165, 1.54) is 5.56 Å². The fraction of sp³-hybridized carbons (Fsp3) is 0.481. The lowest BCUT2D eigenvalue weighted by Crippen LogP contribution is -2.57. The lowest BCUT2D eigenvalue weighted by Gasteiger charge is -2.32. The molecule has 0 bridgehead atoms. The quantitative estimate of drug-likeness (QED) is 0.657. The third-order valence-electron chi connectivity index (χ3n) is 7.06. The van der Waals surface area contributed by atoms with Crippen molar-refractivity contribution in [2.75, 3.05) is 53.0 Å². The molecule has 2 aliphatic rings. The molecule has 0 saturated carbocycles. The van der Waals surface area contributed by atoms with E-state index >= 15 is 0 Å². The van der Waals surface area contributed by atoms with Crippen molar-refractivity contribution in [1.82, 2.24) is 15.1 Å². The zero-order chi connectivity index (χ0) is 24.0. The second-order valence-corrected chi connectivity index (χ2v) is 9.56. The van der Waals surface area contributed by atoms with Gasteiger partial charge in [0.1, 0.15) is 0 Å². The minimum Gasteiger partial charge on any atom is -0.381 e. The van der Waals surface area contributed by atoms with Crippen LogP contribution < -0.4 is 11.1 Å². The predicted molar refractivity (Wildman–Crippen MR) is 133 cm³/mol. The minimum atomic E-state index is -0.904. The maximum Gasteiger partial charge on any atom is 0.240 e. The average molecular weight is 462 g/mol. The molecule has 4 rings (SSSR count). The van der Waals surface area contributed by atoms with Crippen molar-refractivity contribution in [2.24, 2.45) is 5.73 Å². The Hall–Kier alpha value is -2.76. The SMILES string of the molecule is CN1CCN(Cc2ccc(-c3ccc(C(C#N)CNC(=O)C4(N)CCOCC4)cc3)cc2)CC1. The monoisotopic (exact) mass is 461 g/mol. The molecule has 0 radical (unpaired) electrons. The lowest BCUT2D eigenvalue weighted by molar-refractivity contribution is -0.129. The normalized spacial score (nSPS) is 19.8. The molecular weight excluding hydrogens is 426 g/mol. The molecule has 2 aliphatic heterocycles. The van der Waals surface area contributed by atoms with Crippen LogP contribution in [0, 0.1) is 11.3 Å². The van der Waals surface area contributed by atoms with Gasteiger partial charge in [-0.3, -0.25) is 9.69 Å². The van der Waals surface area contributed by atoms with Crippen LogP contribution in [0.5, 0.6) is 0 Å². The summed E-state index contributed by atoms with van der Waals surface area (Å²) < 4.78 is 5.31. The number of ether oxygens (including phenoxy) is 1. The minimum absolute atomic E-state index is 0.204. The number of carbonyl (C=O) groups excluding carboxylic acids is 1. The Labute approximate surface area is 202 Å². The van der Waals surface area contributed by atoms with Gasteiger partial charge >= 0.3 is 0 Å². The van der Waals surface area contributed by atoms with Crippen molar-refractivity contribution in [3.63, 3.8) is 0 Å². The van der Waals surface area contributed by atoms with Gasteiger partial charge in [-0.15, -0.1) is 0 Å². The summed E-state index contributed by atoms with van der Waals surface area (Å²) in [6.07, 6.45) is 0.998. The number of hydrogen-bond donors (Lipinski definition) is 2. The van der Waals surface area contributed by atoms with Crippen molar-refractivity contribution in [3.05, 3.63) is 59.7 Å². The van der Waals surface area contributed by atoms with Crippen LogP contribution in [0.2, 0.25) is 0 Å². The van der Waals surface area contributed by atoms with Gasteiger partial charge < -0.3 is 20.7 Å². The summed E-state index contributed by atoms with van der Waals surface area (Å²) >= 11 is 0. The van der Waals surface area contributed by atoms with E-state index in [9.17, 15) is 10.1 Å². The Kier molecular flexibility index (Phi) is 7.96. The van der Waals surface area contributed by atoms with Crippen LogP contribution in [-0.2, 0) is 16.1 Å². The smallest absolute Gasteiger partial charge is 0.240 e. The summed E-state index contributed by atoms with van der Waals surface area (Å²) in [5, 5.41) is 12.6. The van der Waals surface area contributed by atoms with Crippen molar-refractivity contribution in [2.45, 2.75) is 30.8 Å². The zero-order valence-electron chi connectivity index (χ0n) is 20.0. The fourth-order valence-corrected chi connectivity index (χ4v) is 4.55. The van der Waals surface area contributed by atoms with Gasteiger partial charge in [0.2, 0.25) is 5.91 Å². The second-order valence-electron chi connectivity index (χ2n) is 9.56. The number of piperazine rings is 1. The highest BCUT2D eigenvalue weighted by Gasteiger charge is 2.36. The van der Waals surface area contributed by atoms with E-state index in [0.717, 1.165) is 49.4 Å². The Morgan fingerprint density at radius 1 is 1.06 bits per heavy atom. The van der Waals surface area contributed by atoms with Crippen molar-refractivity contribution >= 4 is 5.91 Å². The Bertz CT molecular complexity index is 985. The highest BCUT2D eigenvalue weighted by molar-refractivity contribution is 5.86. The van der Waals surface area contributed by atoms with Gasteiger partial charge in [-0.25, -0.2) is 0 Å². The van der Waals surface area contributed by atoms with Gasteiger partial charge in [0.25, 0.3) is 0 Å². The summed E-state index contributed by atoms with van der Waals surface area (Å²) in [5.74, 6) is -0.628. The van der Waals surface area contributed by atoms with E-state index < -0.39 is 11.5 Å². The van der Waals surface area contributed by atoms with Crippen LogP contribution in [0.4, 0.5) is 0 Å². The van der Waals surface area contributed by atoms with Crippen LogP contribution in [-0.4, -0.2) is 74.2 Å². The number of hydrogen-bond acceptors (Lipinski definition) is 6. The van der Waals surface area contributed by atoms with E-state index in [1.54, 1.807) is 0 Å². The molecule has 1 unspecified atom stereocenters. The first-order valence-corrected chi connectivity index (χ1v) is 12.1. The van der Waals surface area contributed by atoms with Crippen molar-refractivity contribution in [3.8, 4) is 17.2 Å². The van der Waals surface area contributed by atoms with Gasteiger partial charge in [0.05, 0.1) is 17.5 Å². The predicted octanol–water partition coefficient (Wildman–Crippen LogP) is 2.33. The topological polar surface area (TPSA) is 94.6 Å². The molecule has 2 aromatic rings. The number of nitrogens with zero attached hydrogens (tertiary/aromatic N) is 3. The van der Waals surface area contributed by atoms with E-state index in [0.29, 0.717) is 26.1 Å². The van der Waals surface area contributed by atoms with Crippen LogP contribution >= 0.6 is 0 Å². The number of benzene rings is 2. The summed E-state index contributed by atoms with van der Waals surface area (Å²) in [5.41, 5.74) is 9.81. The van der Waals surface area contributed by atoms with Crippen molar-refractivity contribution < 1.29 is 9.53 Å². The van der Waals surface area contributed by atoms with Gasteiger partial charge in [-0.2, -0.15) is 5.26 Å². The second kappa shape index (κ2) is 11.1. The summed E-state index contributed by atoms with van der Waals surface area (Å²) in [6, 6.07) is 19.1. The van der Waals surface area contributed by atoms with E-state index in [4.69, 9.17) is 10.5 Å². The Morgan fingerprint density at radius 3 is 2.24 bits per heavy atom. The average Bonchev–Trinajstić information content (AvgIpc) is 2.87. The van der Waals surface area contributed by atoms with Gasteiger partial charge in [0, 0.05) is 52.5 Å². The first-order chi connectivity index (χ1) is 16.5. The summed E-state index contributed by atoms with van der Waals surface area (Å²) in [4.78, 5) is 17.4. The first kappa shape index (κ1) is 24.4. The molecule has 2 aromatic carbocycles. The Morgan fingerprint density at radius 2 is 1.65 bits per heavy atom. The molecule has 0 aliphatic carbocycles. The van der Waals surface area contributed by atoms with Gasteiger partial charge in [-0.05, 0) is 42.1 Å². The number of likely N-dealkylation sites (N-methyl/N-ethyl adjacent to an activating group) is 1. The molecule has 0 aromatic heterocycles. The molecule has 34 heavy (non-hydrogen) atoms. The highest BCUT2D eigenvalue weighted by atomic mass is 16.5. The molecule has 7 heteroatoms. The summed E-state index contributed by atoms with van der Waals surface area (Å²) in [6.45, 7) is 6.69. The molecule has 1 atom stereocenters. The van der Waals surface area contributed by atoms with Crippen LogP contribution in [0.3, 0.4) is 0 Å². The number of amides is 1. The standard InChI is InChI=1S/C27H35N5O2/c1-31-12-14-32(15-13-31)20-21-2-4-22(5-3-21)23-6-8-24(9-7-23)25(18-28)19-30-26(33)27(29)10-16-34-17-11-27/h2-9,25H,10-17,19-20,29H2,1H3,(H,30,33). The number of nitriles is 1. The molecule has 2 heterocycles. The molecule has 2 saturated heterocycles. The maximum atomic E-state index is 12.6. The van der Waals surface area contributed by atoms with Crippen LogP contribution in [0.15, 0.2) is 48.5 Å². The van der Waals surface area contributed by atoms with Crippen LogP contribution in [0.1, 0.15) is 29.9 Å². The largest absolute Gasteiger partial charge is 0.381 e. The Balaban J connectivity index is 1.33. The molecule has 180 valence electrons. The summed E-state index contributed by atoms with van der Waals surface area (Å²) in [7, 11) is 2.18. The number of carbonyl (C=O) groups is 1. The van der Waals surface area contributed by atoms with E-state index in [2.05, 4.69) is 52.5 Å². The van der Waals surface area contributed by atoms with Gasteiger partial charge in [-0.1, -0.05) is 48.5 Å². The molecular formula is C27H35N5O2. The maximum absolute atomic E-state index is 12.6. The zero-order valence-corrected chi connectivity index (χ0v) is 20.0. The first-order valence-electron chi connectivity index (χ1n) is 12.1. The van der Waals surface area contributed by atoms with Crippen LogP contribution in [0.25, 0.3) is 11.1 Å². The number of nitrogens with one attached hydrogen (secondary N) is 1. The third-order valence-corrected chi connectivity index (χ3v) is 7.06. The third kappa shape index (κ3) is 6.02. The van der Waals surface area contributed by atoms with Crippen molar-refractivity contribution in [1.29, 1.82) is 5.26 Å². The van der Waals surface area contributed by atoms with E-state index in [-0.39, 0.29) is 12.5 Å². The number of rotatable bonds is 7. The molecule has 0 spiro atoms. The van der Waals surface area contributed by atoms with E-state index in [1.807, 2.05) is 24.3 Å². The van der Waals surface area contributed by atoms with Gasteiger partial charge in [0.15, 0.2) is 0 Å². The number of nitrogens with two attached hydrogens (primary N) is 1. The fourth-order valence-electron chi connectivity index (χ4n) is 4.55. The highest BCUT2D eigenvalue weighted by Crippen LogP contribution is 2.24.